The van der Waals surface area contributed by atoms with Crippen molar-refractivity contribution < 1.29 is 13.6 Å². The fourth-order valence-corrected chi connectivity index (χ4v) is 2.31. The topological polar surface area (TPSA) is 20.3 Å². The van der Waals surface area contributed by atoms with Crippen LogP contribution < -0.4 is 0 Å². The number of hydrogen-bond acceptors (Lipinski definition) is 1. The van der Waals surface area contributed by atoms with Crippen LogP contribution in [0.4, 0.5) is 8.78 Å². The molecule has 112 valence electrons. The van der Waals surface area contributed by atoms with Crippen LogP contribution in [0.15, 0.2) is 46.9 Å². The third-order valence-electron chi connectivity index (χ3n) is 3.01. The standard InChI is InChI=1S/C17H12BrF2NO/c1-2-9-21(11-12-3-6-14(19)7-4-12)17(22)15-10-13(18)5-8-16(15)20/h1,3-8,10H,9,11H2. The van der Waals surface area contributed by atoms with Crippen LogP contribution in [-0.2, 0) is 6.54 Å². The number of nitrogens with zero attached hydrogens (tertiary/aromatic N) is 1. The van der Waals surface area contributed by atoms with Gasteiger partial charge in [-0.05, 0) is 35.9 Å². The fraction of sp³-hybridized carbons (Fsp3) is 0.118. The molecular formula is C17H12BrF2NO. The third-order valence-corrected chi connectivity index (χ3v) is 3.51. The Morgan fingerprint density at radius 3 is 2.50 bits per heavy atom. The van der Waals surface area contributed by atoms with Crippen molar-refractivity contribution in [1.82, 2.24) is 4.90 Å². The average Bonchev–Trinajstić information content (AvgIpc) is 2.50. The van der Waals surface area contributed by atoms with Gasteiger partial charge in [-0.25, -0.2) is 8.78 Å². The van der Waals surface area contributed by atoms with Gasteiger partial charge < -0.3 is 4.90 Å². The molecular weight excluding hydrogens is 352 g/mol. The second-order valence-corrected chi connectivity index (χ2v) is 5.53. The van der Waals surface area contributed by atoms with E-state index >= 15 is 0 Å². The van der Waals surface area contributed by atoms with E-state index in [1.165, 1.54) is 35.2 Å². The van der Waals surface area contributed by atoms with E-state index in [0.717, 1.165) is 0 Å². The fourth-order valence-electron chi connectivity index (χ4n) is 1.95. The van der Waals surface area contributed by atoms with Gasteiger partial charge in [-0.15, -0.1) is 6.42 Å². The molecule has 0 spiro atoms. The molecule has 0 saturated heterocycles. The van der Waals surface area contributed by atoms with E-state index in [4.69, 9.17) is 6.42 Å². The van der Waals surface area contributed by atoms with Crippen LogP contribution in [-0.4, -0.2) is 17.4 Å². The lowest BCUT2D eigenvalue weighted by Gasteiger charge is -2.21. The molecule has 0 unspecified atom stereocenters. The summed E-state index contributed by atoms with van der Waals surface area (Å²) in [6, 6.07) is 9.85. The van der Waals surface area contributed by atoms with E-state index in [9.17, 15) is 13.6 Å². The molecule has 22 heavy (non-hydrogen) atoms. The highest BCUT2D eigenvalue weighted by Crippen LogP contribution is 2.18. The lowest BCUT2D eigenvalue weighted by Crippen LogP contribution is -2.31. The van der Waals surface area contributed by atoms with E-state index in [-0.39, 0.29) is 24.5 Å². The summed E-state index contributed by atoms with van der Waals surface area (Å²) in [6.45, 7) is 0.206. The van der Waals surface area contributed by atoms with Gasteiger partial charge in [0, 0.05) is 11.0 Å². The van der Waals surface area contributed by atoms with Crippen molar-refractivity contribution in [2.24, 2.45) is 0 Å². The zero-order chi connectivity index (χ0) is 16.1. The summed E-state index contributed by atoms with van der Waals surface area (Å²) in [6.07, 6.45) is 5.28. The van der Waals surface area contributed by atoms with E-state index in [1.54, 1.807) is 12.1 Å². The number of rotatable bonds is 4. The van der Waals surface area contributed by atoms with Crippen LogP contribution >= 0.6 is 15.9 Å². The summed E-state index contributed by atoms with van der Waals surface area (Å²) < 4.78 is 27.4. The van der Waals surface area contributed by atoms with Gasteiger partial charge in [0.1, 0.15) is 11.6 Å². The average molecular weight is 364 g/mol. The number of halogens is 3. The highest BCUT2D eigenvalue weighted by Gasteiger charge is 2.19. The van der Waals surface area contributed by atoms with Gasteiger partial charge in [0.2, 0.25) is 0 Å². The number of hydrogen-bond donors (Lipinski definition) is 0. The van der Waals surface area contributed by atoms with Crippen molar-refractivity contribution in [1.29, 1.82) is 0 Å². The normalized spacial score (nSPS) is 10.1. The van der Waals surface area contributed by atoms with E-state index in [2.05, 4.69) is 21.9 Å². The molecule has 0 N–H and O–H groups in total. The zero-order valence-corrected chi connectivity index (χ0v) is 13.1. The van der Waals surface area contributed by atoms with Crippen molar-refractivity contribution in [2.75, 3.05) is 6.54 Å². The third kappa shape index (κ3) is 3.92. The number of terminal acetylenes is 1. The molecule has 2 aromatic carbocycles. The highest BCUT2D eigenvalue weighted by atomic mass is 79.9. The smallest absolute Gasteiger partial charge is 0.257 e. The van der Waals surface area contributed by atoms with Gasteiger partial charge in [-0.1, -0.05) is 34.0 Å². The molecule has 1 amide bonds. The molecule has 2 rings (SSSR count). The maximum absolute atomic E-state index is 13.8. The Balaban J connectivity index is 2.27. The minimum atomic E-state index is -0.616. The van der Waals surface area contributed by atoms with Gasteiger partial charge in [0.15, 0.2) is 0 Å². The van der Waals surface area contributed by atoms with Crippen LogP contribution in [0.25, 0.3) is 0 Å². The predicted octanol–water partition coefficient (Wildman–Crippen LogP) is 4.00. The van der Waals surface area contributed by atoms with Crippen LogP contribution in [0.2, 0.25) is 0 Å². The summed E-state index contributed by atoms with van der Waals surface area (Å²) >= 11 is 3.21. The van der Waals surface area contributed by atoms with Gasteiger partial charge in [-0.3, -0.25) is 4.79 Å². The first kappa shape index (κ1) is 16.2. The number of amides is 1. The molecule has 5 heteroatoms. The number of benzene rings is 2. The Labute approximate surface area is 135 Å². The van der Waals surface area contributed by atoms with Gasteiger partial charge >= 0.3 is 0 Å². The highest BCUT2D eigenvalue weighted by molar-refractivity contribution is 9.10. The lowest BCUT2D eigenvalue weighted by atomic mass is 10.1. The molecule has 0 heterocycles. The largest absolute Gasteiger partial charge is 0.323 e. The molecule has 0 aliphatic carbocycles. The van der Waals surface area contributed by atoms with Gasteiger partial charge in [0.25, 0.3) is 5.91 Å². The van der Waals surface area contributed by atoms with Gasteiger partial charge in [-0.2, -0.15) is 0 Å². The van der Waals surface area contributed by atoms with Crippen molar-refractivity contribution in [3.8, 4) is 12.3 Å². The molecule has 0 bridgehead atoms. The zero-order valence-electron chi connectivity index (χ0n) is 11.5. The Morgan fingerprint density at radius 1 is 1.18 bits per heavy atom. The Hall–Kier alpha value is -2.19. The molecule has 0 fully saturated rings. The first-order valence-corrected chi connectivity index (χ1v) is 7.23. The maximum atomic E-state index is 13.8. The predicted molar refractivity (Wildman–Crippen MR) is 84.1 cm³/mol. The monoisotopic (exact) mass is 363 g/mol. The Bertz CT molecular complexity index is 722. The Morgan fingerprint density at radius 2 is 1.86 bits per heavy atom. The second kappa shape index (κ2) is 7.19. The maximum Gasteiger partial charge on any atom is 0.257 e. The lowest BCUT2D eigenvalue weighted by molar-refractivity contribution is 0.0761. The van der Waals surface area contributed by atoms with E-state index in [0.29, 0.717) is 10.0 Å². The SMILES string of the molecule is C#CCN(Cc1ccc(F)cc1)C(=O)c1cc(Br)ccc1F. The van der Waals surface area contributed by atoms with E-state index in [1.807, 2.05) is 0 Å². The quantitative estimate of drug-likeness (QED) is 0.751. The molecule has 0 aliphatic rings. The summed E-state index contributed by atoms with van der Waals surface area (Å²) in [4.78, 5) is 13.8. The summed E-state index contributed by atoms with van der Waals surface area (Å²) in [7, 11) is 0. The van der Waals surface area contributed by atoms with E-state index < -0.39 is 11.7 Å². The van der Waals surface area contributed by atoms with Crippen LogP contribution in [0.3, 0.4) is 0 Å². The minimum absolute atomic E-state index is 0.0299. The van der Waals surface area contributed by atoms with Crippen LogP contribution in [0.5, 0.6) is 0 Å². The molecule has 2 aromatic rings. The van der Waals surface area contributed by atoms with Crippen molar-refractivity contribution in [2.45, 2.75) is 6.54 Å². The minimum Gasteiger partial charge on any atom is -0.323 e. The second-order valence-electron chi connectivity index (χ2n) is 4.62. The summed E-state index contributed by atoms with van der Waals surface area (Å²) in [5.74, 6) is 0.888. The number of carbonyl (C=O) groups excluding carboxylic acids is 1. The van der Waals surface area contributed by atoms with Crippen molar-refractivity contribution in [3.63, 3.8) is 0 Å². The Kier molecular flexibility index (Phi) is 5.29. The molecule has 0 saturated carbocycles. The number of carbonyl (C=O) groups is 1. The molecule has 0 aromatic heterocycles. The molecule has 0 aliphatic heterocycles. The van der Waals surface area contributed by atoms with Crippen LogP contribution in [0.1, 0.15) is 15.9 Å². The summed E-state index contributed by atoms with van der Waals surface area (Å²) in [5.41, 5.74) is 0.646. The molecule has 0 radical (unpaired) electrons. The van der Waals surface area contributed by atoms with Gasteiger partial charge in [0.05, 0.1) is 12.1 Å². The molecule has 0 atom stereocenters. The van der Waals surface area contributed by atoms with Crippen LogP contribution in [0, 0.1) is 24.0 Å². The molecule has 2 nitrogen and oxygen atoms in total. The summed E-state index contributed by atoms with van der Waals surface area (Å²) in [5, 5.41) is 0. The van der Waals surface area contributed by atoms with Crippen molar-refractivity contribution >= 4 is 21.8 Å². The van der Waals surface area contributed by atoms with Crippen molar-refractivity contribution in [3.05, 3.63) is 69.7 Å². The first-order chi connectivity index (χ1) is 10.5. The first-order valence-electron chi connectivity index (χ1n) is 6.43.